The first-order chi connectivity index (χ1) is 15.4. The van der Waals surface area contributed by atoms with Gasteiger partial charge < -0.3 is 19.7 Å². The van der Waals surface area contributed by atoms with Gasteiger partial charge in [-0.05, 0) is 23.3 Å². The second kappa shape index (κ2) is 7.31. The third-order valence-corrected chi connectivity index (χ3v) is 7.14. The van der Waals surface area contributed by atoms with E-state index in [-0.39, 0.29) is 17.1 Å². The smallest absolute Gasteiger partial charge is 0.178 e. The summed E-state index contributed by atoms with van der Waals surface area (Å²) in [5.74, 6) is -2.24. The lowest BCUT2D eigenvalue weighted by atomic mass is 9.70. The number of fused-ring (bicyclic) bond motifs is 3. The Hall–Kier alpha value is -2.92. The Morgan fingerprint density at radius 2 is 1.81 bits per heavy atom. The van der Waals surface area contributed by atoms with Gasteiger partial charge in [0.15, 0.2) is 11.2 Å². The Bertz CT molecular complexity index is 1230. The van der Waals surface area contributed by atoms with Crippen LogP contribution < -0.4 is 9.47 Å². The molecule has 5 atom stereocenters. The second-order valence-electron chi connectivity index (χ2n) is 8.08. The molecule has 0 saturated heterocycles. The first-order valence-electron chi connectivity index (χ1n) is 10.1. The second-order valence-corrected chi connectivity index (χ2v) is 9.00. The zero-order valence-electron chi connectivity index (χ0n) is 17.0. The first kappa shape index (κ1) is 21.0. The number of halogens is 2. The number of benzene rings is 3. The van der Waals surface area contributed by atoms with Crippen molar-refractivity contribution in [3.63, 3.8) is 0 Å². The molecule has 1 heterocycles. The predicted molar refractivity (Wildman–Crippen MR) is 118 cm³/mol. The van der Waals surface area contributed by atoms with E-state index in [1.54, 1.807) is 24.3 Å². The van der Waals surface area contributed by atoms with Crippen molar-refractivity contribution in [2.75, 3.05) is 7.11 Å². The van der Waals surface area contributed by atoms with Crippen LogP contribution in [0.2, 0.25) is 0 Å². The maximum absolute atomic E-state index is 14.4. The molecule has 0 aromatic heterocycles. The third-order valence-electron chi connectivity index (χ3n) is 6.62. The monoisotopic (exact) mass is 495 g/mol. The summed E-state index contributed by atoms with van der Waals surface area (Å²) in [6, 6.07) is 20.8. The summed E-state index contributed by atoms with van der Waals surface area (Å²) >= 11 is 3.42. The molecule has 1 fully saturated rings. The number of methoxy groups -OCH3 is 1. The Labute approximate surface area is 192 Å². The van der Waals surface area contributed by atoms with Gasteiger partial charge in [-0.1, -0.05) is 58.4 Å². The van der Waals surface area contributed by atoms with Crippen LogP contribution in [0.4, 0.5) is 4.39 Å². The third kappa shape index (κ3) is 2.54. The Morgan fingerprint density at radius 1 is 1.12 bits per heavy atom. The van der Waals surface area contributed by atoms with Gasteiger partial charge in [0.25, 0.3) is 0 Å². The topological polar surface area (TPSA) is 82.7 Å². The first-order valence-corrected chi connectivity index (χ1v) is 10.9. The summed E-state index contributed by atoms with van der Waals surface area (Å²) in [5.41, 5.74) is -2.28. The molecule has 0 radical (unpaired) electrons. The Balaban J connectivity index is 1.89. The number of aliphatic hydroxyl groups is 2. The average Bonchev–Trinajstić information content (AvgIpc) is 3.17. The van der Waals surface area contributed by atoms with Crippen LogP contribution in [0.3, 0.4) is 0 Å². The van der Waals surface area contributed by atoms with E-state index in [0.29, 0.717) is 11.1 Å². The summed E-state index contributed by atoms with van der Waals surface area (Å²) in [4.78, 5) is 0. The quantitative estimate of drug-likeness (QED) is 0.563. The van der Waals surface area contributed by atoms with Crippen molar-refractivity contribution in [3.8, 4) is 17.6 Å². The van der Waals surface area contributed by atoms with E-state index in [2.05, 4.69) is 22.0 Å². The highest BCUT2D eigenvalue weighted by molar-refractivity contribution is 9.10. The predicted octanol–water partition coefficient (Wildman–Crippen LogP) is 4.37. The van der Waals surface area contributed by atoms with Crippen LogP contribution in [0, 0.1) is 23.1 Å². The molecule has 0 amide bonds. The van der Waals surface area contributed by atoms with Crippen molar-refractivity contribution in [3.05, 3.63) is 93.7 Å². The molecule has 162 valence electrons. The van der Waals surface area contributed by atoms with E-state index in [1.807, 2.05) is 30.3 Å². The normalized spacial score (nSPS) is 30.2. The molecule has 3 aromatic rings. The number of nitriles is 1. The van der Waals surface area contributed by atoms with E-state index in [0.717, 1.165) is 10.5 Å². The maximum Gasteiger partial charge on any atom is 0.178 e. The minimum absolute atomic E-state index is 0.0472. The van der Waals surface area contributed by atoms with Crippen molar-refractivity contribution >= 4 is 15.9 Å². The Kier molecular flexibility index (Phi) is 4.79. The molecule has 5 nitrogen and oxygen atoms in total. The van der Waals surface area contributed by atoms with Crippen molar-refractivity contribution < 1.29 is 24.1 Å². The van der Waals surface area contributed by atoms with Crippen molar-refractivity contribution in [2.45, 2.75) is 23.2 Å². The lowest BCUT2D eigenvalue weighted by molar-refractivity contribution is -0.151. The van der Waals surface area contributed by atoms with Crippen LogP contribution >= 0.6 is 15.9 Å². The van der Waals surface area contributed by atoms with E-state index in [9.17, 15) is 19.9 Å². The van der Waals surface area contributed by atoms with Crippen LogP contribution in [0.15, 0.2) is 71.2 Å². The van der Waals surface area contributed by atoms with Crippen LogP contribution in [0.25, 0.3) is 0 Å². The van der Waals surface area contributed by atoms with Crippen molar-refractivity contribution in [1.82, 2.24) is 0 Å². The van der Waals surface area contributed by atoms with Gasteiger partial charge in [-0.2, -0.15) is 5.26 Å². The van der Waals surface area contributed by atoms with Crippen molar-refractivity contribution in [1.29, 1.82) is 5.26 Å². The lowest BCUT2D eigenvalue weighted by Gasteiger charge is -2.40. The number of rotatable bonds is 3. The molecule has 1 saturated carbocycles. The standard InChI is InChI=1S/C25H19BrFNO4/c1-31-19-11-17(27)12-20-22(19)24(30)23(29)18(13-28)21(14-5-3-2-4-6-14)25(24,32-20)15-7-9-16(26)10-8-15/h2-12,18,21,23,29-30H,1H3/t18-,21-,23+,24-,25-/m0/s1. The number of hydrogen-bond donors (Lipinski definition) is 2. The molecular weight excluding hydrogens is 477 g/mol. The zero-order valence-corrected chi connectivity index (χ0v) is 18.6. The van der Waals surface area contributed by atoms with Crippen molar-refractivity contribution in [2.24, 2.45) is 5.92 Å². The largest absolute Gasteiger partial charge is 0.496 e. The molecule has 0 unspecified atom stereocenters. The highest BCUT2D eigenvalue weighted by Gasteiger charge is 2.77. The fraction of sp³-hybridized carbons (Fsp3) is 0.240. The van der Waals surface area contributed by atoms with E-state index >= 15 is 0 Å². The minimum Gasteiger partial charge on any atom is -0.496 e. The number of nitrogens with zero attached hydrogens (tertiary/aromatic N) is 1. The van der Waals surface area contributed by atoms with Gasteiger partial charge in [0.1, 0.15) is 23.4 Å². The van der Waals surface area contributed by atoms with Crippen LogP contribution in [0.5, 0.6) is 11.5 Å². The molecular formula is C25H19BrFNO4. The van der Waals surface area contributed by atoms with Gasteiger partial charge in [-0.15, -0.1) is 0 Å². The van der Waals surface area contributed by atoms with E-state index in [1.165, 1.54) is 13.2 Å². The van der Waals surface area contributed by atoms with Gasteiger partial charge in [0, 0.05) is 22.5 Å². The van der Waals surface area contributed by atoms with E-state index in [4.69, 9.17) is 9.47 Å². The number of hydrogen-bond acceptors (Lipinski definition) is 5. The summed E-state index contributed by atoms with van der Waals surface area (Å²) in [6.07, 6.45) is -1.53. The molecule has 7 heteroatoms. The molecule has 32 heavy (non-hydrogen) atoms. The molecule has 3 aromatic carbocycles. The summed E-state index contributed by atoms with van der Waals surface area (Å²) < 4.78 is 27.0. The summed E-state index contributed by atoms with van der Waals surface area (Å²) in [6.45, 7) is 0. The maximum atomic E-state index is 14.4. The van der Waals surface area contributed by atoms with E-state index < -0.39 is 35.0 Å². The molecule has 2 N–H and O–H groups in total. The molecule has 5 rings (SSSR count). The van der Waals surface area contributed by atoms with Crippen LogP contribution in [-0.2, 0) is 11.2 Å². The van der Waals surface area contributed by atoms with Gasteiger partial charge >= 0.3 is 0 Å². The fourth-order valence-electron chi connectivity index (χ4n) is 5.38. The molecule has 0 bridgehead atoms. The van der Waals surface area contributed by atoms with Crippen LogP contribution in [-0.4, -0.2) is 23.4 Å². The highest BCUT2D eigenvalue weighted by Crippen LogP contribution is 2.69. The molecule has 1 aliphatic carbocycles. The zero-order chi connectivity index (χ0) is 22.7. The molecule has 0 spiro atoms. The average molecular weight is 496 g/mol. The molecule has 1 aliphatic heterocycles. The van der Waals surface area contributed by atoms with Crippen LogP contribution in [0.1, 0.15) is 22.6 Å². The summed E-state index contributed by atoms with van der Waals surface area (Å²) in [5, 5.41) is 33.9. The van der Waals surface area contributed by atoms with Gasteiger partial charge in [0.2, 0.25) is 0 Å². The van der Waals surface area contributed by atoms with Gasteiger partial charge in [-0.3, -0.25) is 0 Å². The number of aliphatic hydroxyl groups excluding tert-OH is 1. The SMILES string of the molecule is COc1cc(F)cc2c1[C@]1(O)[C@H](O)[C@@H](C#N)[C@H](c3ccccc3)[C@]1(c1ccc(Br)cc1)O2. The highest BCUT2D eigenvalue weighted by atomic mass is 79.9. The Morgan fingerprint density at radius 3 is 2.44 bits per heavy atom. The summed E-state index contributed by atoms with van der Waals surface area (Å²) in [7, 11) is 1.36. The minimum atomic E-state index is -2.07. The van der Waals surface area contributed by atoms with Gasteiger partial charge in [-0.25, -0.2) is 4.39 Å². The van der Waals surface area contributed by atoms with Gasteiger partial charge in [0.05, 0.1) is 24.7 Å². The lowest BCUT2D eigenvalue weighted by Crippen LogP contribution is -2.52. The fourth-order valence-corrected chi connectivity index (χ4v) is 5.64. The number of ether oxygens (including phenoxy) is 2. The molecule has 2 aliphatic rings.